The maximum absolute atomic E-state index is 12.0. The van der Waals surface area contributed by atoms with E-state index in [4.69, 9.17) is 0 Å². The minimum Gasteiger partial charge on any atom is -0.345 e. The van der Waals surface area contributed by atoms with Gasteiger partial charge in [0, 0.05) is 0 Å². The molecule has 0 aliphatic carbocycles. The molecular weight excluding hydrogens is 244 g/mol. The molecule has 2 atom stereocenters. The molecule has 1 saturated heterocycles. The van der Waals surface area contributed by atoms with Crippen molar-refractivity contribution >= 4 is 18.0 Å². The fraction of sp³-hybridized carbons (Fsp3) is 0.786. The van der Waals surface area contributed by atoms with Gasteiger partial charge in [-0.2, -0.15) is 0 Å². The number of likely N-dealkylation sites (tertiary alicyclic amines) is 1. The zero-order valence-corrected chi connectivity index (χ0v) is 12.0. The van der Waals surface area contributed by atoms with E-state index in [1.54, 1.807) is 0 Å². The van der Waals surface area contributed by atoms with Crippen LogP contribution in [0.1, 0.15) is 40.0 Å². The lowest BCUT2D eigenvalue weighted by Crippen LogP contribution is -2.50. The summed E-state index contributed by atoms with van der Waals surface area (Å²) in [5.74, 6) is -0.138. The van der Waals surface area contributed by atoms with Crippen LogP contribution in [-0.4, -0.2) is 48.0 Å². The number of carbonyl (C=O) groups is 3. The summed E-state index contributed by atoms with van der Waals surface area (Å²) in [5, 5.41) is 2.76. The van der Waals surface area contributed by atoms with Gasteiger partial charge >= 0.3 is 0 Å². The Labute approximate surface area is 114 Å². The number of ketones is 1. The number of nitrogens with zero attached hydrogens (tertiary/aromatic N) is 1. The fourth-order valence-corrected chi connectivity index (χ4v) is 2.51. The second-order valence-corrected chi connectivity index (χ2v) is 5.57. The van der Waals surface area contributed by atoms with E-state index in [2.05, 4.69) is 5.32 Å². The highest BCUT2D eigenvalue weighted by molar-refractivity contribution is 5.88. The summed E-state index contributed by atoms with van der Waals surface area (Å²) in [7, 11) is 0. The highest BCUT2D eigenvalue weighted by atomic mass is 16.2. The lowest BCUT2D eigenvalue weighted by Gasteiger charge is -2.32. The average molecular weight is 268 g/mol. The highest BCUT2D eigenvalue weighted by Crippen LogP contribution is 2.14. The zero-order valence-electron chi connectivity index (χ0n) is 12.0. The van der Waals surface area contributed by atoms with Gasteiger partial charge in [0.25, 0.3) is 0 Å². The smallest absolute Gasteiger partial charge is 0.234 e. The SMILES string of the molecule is CC(=O)C(NC(=O)CN1CCCCC1C=O)C(C)C. The Balaban J connectivity index is 2.53. The van der Waals surface area contributed by atoms with Crippen LogP contribution in [0.5, 0.6) is 0 Å². The molecule has 1 rings (SSSR count). The largest absolute Gasteiger partial charge is 0.345 e. The fourth-order valence-electron chi connectivity index (χ4n) is 2.51. The summed E-state index contributed by atoms with van der Waals surface area (Å²) < 4.78 is 0. The summed E-state index contributed by atoms with van der Waals surface area (Å²) in [5.41, 5.74) is 0. The van der Waals surface area contributed by atoms with Crippen LogP contribution < -0.4 is 5.32 Å². The van der Waals surface area contributed by atoms with E-state index in [9.17, 15) is 14.4 Å². The number of rotatable bonds is 6. The summed E-state index contributed by atoms with van der Waals surface area (Å²) >= 11 is 0. The lowest BCUT2D eigenvalue weighted by molar-refractivity contribution is -0.129. The molecule has 0 bridgehead atoms. The van der Waals surface area contributed by atoms with Crippen LogP contribution in [0, 0.1) is 5.92 Å². The van der Waals surface area contributed by atoms with Crippen molar-refractivity contribution in [3.05, 3.63) is 0 Å². The molecule has 19 heavy (non-hydrogen) atoms. The van der Waals surface area contributed by atoms with Crippen LogP contribution in [0.2, 0.25) is 0 Å². The first-order valence-corrected chi connectivity index (χ1v) is 6.95. The number of carbonyl (C=O) groups excluding carboxylic acids is 3. The van der Waals surface area contributed by atoms with Crippen molar-refractivity contribution in [2.45, 2.75) is 52.1 Å². The van der Waals surface area contributed by atoms with Crippen molar-refractivity contribution < 1.29 is 14.4 Å². The van der Waals surface area contributed by atoms with E-state index >= 15 is 0 Å². The van der Waals surface area contributed by atoms with Crippen LogP contribution >= 0.6 is 0 Å². The first kappa shape index (κ1) is 15.8. The van der Waals surface area contributed by atoms with Gasteiger partial charge in [0.05, 0.1) is 18.6 Å². The van der Waals surface area contributed by atoms with Gasteiger partial charge in [-0.25, -0.2) is 0 Å². The molecule has 1 N–H and O–H groups in total. The quantitative estimate of drug-likeness (QED) is 0.723. The normalized spacial score (nSPS) is 22.0. The molecule has 1 amide bonds. The van der Waals surface area contributed by atoms with Gasteiger partial charge in [0.1, 0.15) is 6.29 Å². The van der Waals surface area contributed by atoms with Gasteiger partial charge in [-0.3, -0.25) is 14.5 Å². The Morgan fingerprint density at radius 3 is 2.58 bits per heavy atom. The average Bonchev–Trinajstić information content (AvgIpc) is 2.36. The number of hydrogen-bond donors (Lipinski definition) is 1. The molecule has 5 nitrogen and oxygen atoms in total. The number of aldehydes is 1. The van der Waals surface area contributed by atoms with E-state index in [1.165, 1.54) is 6.92 Å². The highest BCUT2D eigenvalue weighted by Gasteiger charge is 2.26. The topological polar surface area (TPSA) is 66.5 Å². The molecule has 0 aromatic carbocycles. The standard InChI is InChI=1S/C14H24N2O3/c1-10(2)14(11(3)18)15-13(19)8-16-7-5-4-6-12(16)9-17/h9-10,12,14H,4-8H2,1-3H3,(H,15,19). The molecule has 0 saturated carbocycles. The third-order valence-corrected chi connectivity index (χ3v) is 3.59. The molecule has 1 fully saturated rings. The Morgan fingerprint density at radius 2 is 2.05 bits per heavy atom. The Morgan fingerprint density at radius 1 is 1.37 bits per heavy atom. The molecule has 5 heteroatoms. The van der Waals surface area contributed by atoms with Crippen LogP contribution in [0.15, 0.2) is 0 Å². The minimum atomic E-state index is -0.438. The van der Waals surface area contributed by atoms with Gasteiger partial charge in [-0.15, -0.1) is 0 Å². The van der Waals surface area contributed by atoms with Crippen LogP contribution in [0.3, 0.4) is 0 Å². The number of piperidine rings is 1. The van der Waals surface area contributed by atoms with Crippen molar-refractivity contribution in [2.24, 2.45) is 5.92 Å². The Hall–Kier alpha value is -1.23. The molecule has 1 aliphatic rings. The molecule has 1 aliphatic heterocycles. The van der Waals surface area contributed by atoms with Crippen molar-refractivity contribution in [3.63, 3.8) is 0 Å². The van der Waals surface area contributed by atoms with Crippen molar-refractivity contribution in [1.82, 2.24) is 10.2 Å². The molecule has 0 aromatic heterocycles. The Bertz CT molecular complexity index is 342. The van der Waals surface area contributed by atoms with Crippen molar-refractivity contribution in [2.75, 3.05) is 13.1 Å². The van der Waals surface area contributed by atoms with Crippen LogP contribution in [0.25, 0.3) is 0 Å². The van der Waals surface area contributed by atoms with E-state index in [1.807, 2.05) is 18.7 Å². The second-order valence-electron chi connectivity index (χ2n) is 5.57. The molecule has 0 radical (unpaired) electrons. The molecule has 0 aromatic rings. The van der Waals surface area contributed by atoms with E-state index < -0.39 is 6.04 Å². The Kier molecular flexibility index (Phi) is 6.15. The van der Waals surface area contributed by atoms with Gasteiger partial charge in [0.15, 0.2) is 5.78 Å². The summed E-state index contributed by atoms with van der Waals surface area (Å²) in [4.78, 5) is 36.3. The molecule has 0 spiro atoms. The number of hydrogen-bond acceptors (Lipinski definition) is 4. The van der Waals surface area contributed by atoms with E-state index in [0.717, 1.165) is 32.1 Å². The number of nitrogens with one attached hydrogen (secondary N) is 1. The van der Waals surface area contributed by atoms with Gasteiger partial charge < -0.3 is 10.1 Å². The summed E-state index contributed by atoms with van der Waals surface area (Å²) in [6.45, 7) is 6.26. The predicted molar refractivity (Wildman–Crippen MR) is 72.7 cm³/mol. The first-order chi connectivity index (χ1) is 8.95. The van der Waals surface area contributed by atoms with Crippen molar-refractivity contribution in [3.8, 4) is 0 Å². The minimum absolute atomic E-state index is 0.0334. The van der Waals surface area contributed by atoms with Crippen LogP contribution in [0.4, 0.5) is 0 Å². The second kappa shape index (κ2) is 7.38. The van der Waals surface area contributed by atoms with E-state index in [-0.39, 0.29) is 30.2 Å². The monoisotopic (exact) mass is 268 g/mol. The van der Waals surface area contributed by atoms with Gasteiger partial charge in [-0.1, -0.05) is 20.3 Å². The number of Topliss-reactive ketones (excluding diaryl/α,β-unsaturated/α-hetero) is 1. The van der Waals surface area contributed by atoms with E-state index in [0.29, 0.717) is 0 Å². The third-order valence-electron chi connectivity index (χ3n) is 3.59. The lowest BCUT2D eigenvalue weighted by atomic mass is 10.0. The maximum Gasteiger partial charge on any atom is 0.234 e. The van der Waals surface area contributed by atoms with Crippen LogP contribution in [-0.2, 0) is 14.4 Å². The zero-order chi connectivity index (χ0) is 14.4. The molecular formula is C14H24N2O3. The molecule has 1 heterocycles. The molecule has 2 unspecified atom stereocenters. The number of amides is 1. The van der Waals surface area contributed by atoms with Gasteiger partial charge in [-0.05, 0) is 32.2 Å². The first-order valence-electron chi connectivity index (χ1n) is 6.95. The summed E-state index contributed by atoms with van der Waals surface area (Å²) in [6.07, 6.45) is 3.77. The predicted octanol–water partition coefficient (Wildman–Crippen LogP) is 0.770. The third kappa shape index (κ3) is 4.74. The summed E-state index contributed by atoms with van der Waals surface area (Å²) in [6, 6.07) is -0.596. The van der Waals surface area contributed by atoms with Gasteiger partial charge in [0.2, 0.25) is 5.91 Å². The van der Waals surface area contributed by atoms with Crippen molar-refractivity contribution in [1.29, 1.82) is 0 Å². The molecule has 108 valence electrons. The maximum atomic E-state index is 12.0.